The molecule has 0 spiro atoms. The smallest absolute Gasteiger partial charge is 0.394 e. The van der Waals surface area contributed by atoms with Crippen molar-refractivity contribution in [1.29, 1.82) is 0 Å². The number of amides is 1. The summed E-state index contributed by atoms with van der Waals surface area (Å²) in [5, 5.41) is 13.1. The maximum Gasteiger partial charge on any atom is 0.416 e. The molecule has 1 aromatic heterocycles. The number of halogens is 5. The van der Waals surface area contributed by atoms with Gasteiger partial charge in [-0.1, -0.05) is 36.7 Å². The Morgan fingerprint density at radius 3 is 2.37 bits per heavy atom. The van der Waals surface area contributed by atoms with E-state index in [0.717, 1.165) is 6.07 Å². The van der Waals surface area contributed by atoms with Crippen molar-refractivity contribution in [2.75, 3.05) is 19.0 Å². The Bertz CT molecular complexity index is 1670. The second-order valence-electron chi connectivity index (χ2n) is 9.41. The van der Waals surface area contributed by atoms with Gasteiger partial charge in [-0.25, -0.2) is 12.8 Å². The number of fused-ring (bicyclic) bond motifs is 1. The van der Waals surface area contributed by atoms with Crippen LogP contribution in [0, 0.1) is 0 Å². The molecular weight excluding hydrogens is 584 g/mol. The van der Waals surface area contributed by atoms with Crippen LogP contribution in [0.25, 0.3) is 10.9 Å². The minimum absolute atomic E-state index is 0.0219. The Morgan fingerprint density at radius 2 is 1.76 bits per heavy atom. The summed E-state index contributed by atoms with van der Waals surface area (Å²) in [5.74, 6) is -0.597. The number of aromatic nitrogens is 1. The maximum atomic E-state index is 13.7. The molecule has 4 aromatic rings. The highest BCUT2D eigenvalue weighted by molar-refractivity contribution is 7.91. The average Bonchev–Trinajstić information content (AvgIpc) is 3.28. The molecule has 1 amide bonds. The van der Waals surface area contributed by atoms with Crippen LogP contribution in [0.15, 0.2) is 71.6 Å². The number of nitrogens with zero attached hydrogens (tertiary/aromatic N) is 1. The second kappa shape index (κ2) is 12.2. The molecule has 0 fully saturated rings. The second-order valence-corrected chi connectivity index (χ2v) is 12.1. The predicted molar refractivity (Wildman–Crippen MR) is 149 cm³/mol. The van der Waals surface area contributed by atoms with Gasteiger partial charge in [0.05, 0.1) is 35.4 Å². The molecule has 0 saturated heterocycles. The van der Waals surface area contributed by atoms with E-state index in [-0.39, 0.29) is 39.8 Å². The molecule has 0 saturated carbocycles. The van der Waals surface area contributed by atoms with Crippen molar-refractivity contribution in [2.24, 2.45) is 0 Å². The predicted octanol–water partition coefficient (Wildman–Crippen LogP) is 6.13. The van der Waals surface area contributed by atoms with Crippen LogP contribution in [-0.2, 0) is 29.0 Å². The summed E-state index contributed by atoms with van der Waals surface area (Å²) in [5.41, 5.74) is 0.787. The molecule has 0 bridgehead atoms. The lowest BCUT2D eigenvalue weighted by Crippen LogP contribution is -2.30. The fourth-order valence-corrected chi connectivity index (χ4v) is 5.73. The highest BCUT2D eigenvalue weighted by Crippen LogP contribution is 2.35. The van der Waals surface area contributed by atoms with Gasteiger partial charge in [0.1, 0.15) is 6.67 Å². The third-order valence-corrected chi connectivity index (χ3v) is 8.80. The van der Waals surface area contributed by atoms with Gasteiger partial charge in [-0.3, -0.25) is 4.79 Å². The van der Waals surface area contributed by atoms with Gasteiger partial charge < -0.3 is 15.0 Å². The van der Waals surface area contributed by atoms with Crippen molar-refractivity contribution in [2.45, 2.75) is 37.0 Å². The monoisotopic (exact) mass is 610 g/mol. The first kappa shape index (κ1) is 30.5. The third-order valence-electron chi connectivity index (χ3n) is 6.82. The number of carbonyl (C=O) groups is 1. The fourth-order valence-electron chi connectivity index (χ4n) is 4.68. The summed E-state index contributed by atoms with van der Waals surface area (Å²) >= 11 is 5.80. The topological polar surface area (TPSA) is 88.4 Å². The highest BCUT2D eigenvalue weighted by atomic mass is 35.5. The maximum absolute atomic E-state index is 13.7. The molecule has 1 unspecified atom stereocenters. The van der Waals surface area contributed by atoms with E-state index in [1.807, 2.05) is 0 Å². The summed E-state index contributed by atoms with van der Waals surface area (Å²) in [4.78, 5) is 13.2. The Morgan fingerprint density at radius 1 is 1.05 bits per heavy atom. The van der Waals surface area contributed by atoms with Crippen LogP contribution in [-0.4, -0.2) is 43.0 Å². The molecule has 12 heteroatoms. The van der Waals surface area contributed by atoms with Crippen LogP contribution in [0.5, 0.6) is 0 Å². The number of hydrogen-bond donors (Lipinski definition) is 2. The Hall–Kier alpha value is -3.41. The number of aliphatic hydroxyl groups is 1. The summed E-state index contributed by atoms with van der Waals surface area (Å²) in [6.07, 6.45) is -4.77. The molecule has 4 rings (SSSR count). The van der Waals surface area contributed by atoms with Crippen molar-refractivity contribution in [3.63, 3.8) is 0 Å². The van der Waals surface area contributed by atoms with Crippen LogP contribution in [0.1, 0.15) is 45.7 Å². The quantitative estimate of drug-likeness (QED) is 0.212. The number of aliphatic hydroxyl groups excluding tert-OH is 1. The van der Waals surface area contributed by atoms with Crippen molar-refractivity contribution in [3.8, 4) is 0 Å². The molecule has 0 radical (unpaired) electrons. The van der Waals surface area contributed by atoms with Crippen LogP contribution in [0.2, 0.25) is 5.02 Å². The van der Waals surface area contributed by atoms with Gasteiger partial charge in [0.2, 0.25) is 0 Å². The standard InChI is InChI=1S/C29H27ClF4N2O4S/c1-2-41(39,40)24-8-4-18(5-9-24)26(17-37)35-28(38)20-6-10-27-21(13-20)15-23(36(27)12-11-31)14-19-3-7-22(30)16-25(19)29(32,33)34/h3-10,13,15-16,26,37H,2,11-12,14,17H2,1H3,(H,35,38). The lowest BCUT2D eigenvalue weighted by molar-refractivity contribution is -0.138. The number of aryl methyl sites for hydroxylation is 1. The summed E-state index contributed by atoms with van der Waals surface area (Å²) < 4.78 is 80.1. The molecular formula is C29H27ClF4N2O4S. The highest BCUT2D eigenvalue weighted by Gasteiger charge is 2.33. The van der Waals surface area contributed by atoms with Crippen LogP contribution < -0.4 is 5.32 Å². The molecule has 1 atom stereocenters. The van der Waals surface area contributed by atoms with Gasteiger partial charge in [0.15, 0.2) is 9.84 Å². The van der Waals surface area contributed by atoms with E-state index >= 15 is 0 Å². The number of hydrogen-bond acceptors (Lipinski definition) is 4. The van der Waals surface area contributed by atoms with E-state index in [1.165, 1.54) is 49.4 Å². The number of benzene rings is 3. The molecule has 6 nitrogen and oxygen atoms in total. The van der Waals surface area contributed by atoms with Gasteiger partial charge in [-0.2, -0.15) is 13.2 Å². The van der Waals surface area contributed by atoms with E-state index in [1.54, 1.807) is 22.8 Å². The van der Waals surface area contributed by atoms with E-state index in [0.29, 0.717) is 22.2 Å². The van der Waals surface area contributed by atoms with Crippen LogP contribution in [0.4, 0.5) is 17.6 Å². The Kier molecular flexibility index (Phi) is 9.10. The van der Waals surface area contributed by atoms with Gasteiger partial charge in [0.25, 0.3) is 5.91 Å². The van der Waals surface area contributed by atoms with Crippen molar-refractivity contribution < 1.29 is 35.9 Å². The minimum Gasteiger partial charge on any atom is -0.394 e. The van der Waals surface area contributed by atoms with E-state index < -0.39 is 46.8 Å². The average molecular weight is 611 g/mol. The van der Waals surface area contributed by atoms with Crippen molar-refractivity contribution in [1.82, 2.24) is 9.88 Å². The zero-order chi connectivity index (χ0) is 29.9. The lowest BCUT2D eigenvalue weighted by Gasteiger charge is -2.17. The summed E-state index contributed by atoms with van der Waals surface area (Å²) in [6.45, 7) is 0.245. The molecule has 0 aliphatic heterocycles. The lowest BCUT2D eigenvalue weighted by atomic mass is 10.0. The van der Waals surface area contributed by atoms with Gasteiger partial charge >= 0.3 is 6.18 Å². The molecule has 3 aromatic carbocycles. The zero-order valence-corrected chi connectivity index (χ0v) is 23.5. The Labute approximate surface area is 239 Å². The number of carbonyl (C=O) groups excluding carboxylic acids is 1. The van der Waals surface area contributed by atoms with Crippen LogP contribution >= 0.6 is 11.6 Å². The molecule has 0 aliphatic carbocycles. The normalized spacial score (nSPS) is 13.0. The SMILES string of the molecule is CCS(=O)(=O)c1ccc(C(CO)NC(=O)c2ccc3c(c2)cc(Cc2ccc(Cl)cc2C(F)(F)F)n3CCF)cc1. The third kappa shape index (κ3) is 6.74. The van der Waals surface area contributed by atoms with Gasteiger partial charge in [-0.15, -0.1) is 0 Å². The van der Waals surface area contributed by atoms with Crippen molar-refractivity contribution >= 4 is 38.2 Å². The number of alkyl halides is 4. The van der Waals surface area contributed by atoms with Crippen molar-refractivity contribution in [3.05, 3.63) is 99.7 Å². The van der Waals surface area contributed by atoms with E-state index in [4.69, 9.17) is 11.6 Å². The molecule has 41 heavy (non-hydrogen) atoms. The van der Waals surface area contributed by atoms with E-state index in [2.05, 4.69) is 5.32 Å². The number of rotatable bonds is 10. The first-order chi connectivity index (χ1) is 19.4. The summed E-state index contributed by atoms with van der Waals surface area (Å²) in [7, 11) is -3.41. The fraction of sp³-hybridized carbons (Fsp3) is 0.276. The van der Waals surface area contributed by atoms with E-state index in [9.17, 15) is 35.9 Å². The molecule has 218 valence electrons. The number of nitrogens with one attached hydrogen (secondary N) is 1. The minimum atomic E-state index is -4.63. The molecule has 0 aliphatic rings. The number of sulfone groups is 1. The largest absolute Gasteiger partial charge is 0.416 e. The first-order valence-corrected chi connectivity index (χ1v) is 14.7. The Balaban J connectivity index is 1.62. The molecule has 1 heterocycles. The van der Waals surface area contributed by atoms with Gasteiger partial charge in [-0.05, 0) is 59.7 Å². The summed E-state index contributed by atoms with van der Waals surface area (Å²) in [6, 6.07) is 14.8. The molecule has 2 N–H and O–H groups in total. The zero-order valence-electron chi connectivity index (χ0n) is 21.9. The van der Waals surface area contributed by atoms with Gasteiger partial charge in [0, 0.05) is 33.6 Å². The first-order valence-electron chi connectivity index (χ1n) is 12.7. The van der Waals surface area contributed by atoms with Crippen LogP contribution in [0.3, 0.4) is 0 Å².